The number of hydrogen-bond donors (Lipinski definition) is 0. The van der Waals surface area contributed by atoms with Crippen molar-refractivity contribution in [2.75, 3.05) is 0 Å². The Morgan fingerprint density at radius 1 is 1.28 bits per heavy atom. The standard InChI is InChI=1S/C10H5F3N4O/c11-10(12,13)18-6-1-2-8-7(5-6)9(16-17-14)3-4-15-8/h1-5H. The van der Waals surface area contributed by atoms with Gasteiger partial charge in [-0.3, -0.25) is 4.98 Å². The summed E-state index contributed by atoms with van der Waals surface area (Å²) in [7, 11) is 0. The molecule has 0 spiro atoms. The molecule has 2 aromatic rings. The van der Waals surface area contributed by atoms with E-state index >= 15 is 0 Å². The van der Waals surface area contributed by atoms with Crippen LogP contribution < -0.4 is 4.74 Å². The van der Waals surface area contributed by atoms with Crippen LogP contribution in [0.25, 0.3) is 21.3 Å². The Kier molecular flexibility index (Phi) is 2.95. The second-order valence-electron chi connectivity index (χ2n) is 3.25. The molecule has 0 amide bonds. The highest BCUT2D eigenvalue weighted by Gasteiger charge is 2.31. The minimum Gasteiger partial charge on any atom is -0.406 e. The van der Waals surface area contributed by atoms with Crippen LogP contribution in [-0.4, -0.2) is 11.3 Å². The highest BCUT2D eigenvalue weighted by Crippen LogP contribution is 2.30. The van der Waals surface area contributed by atoms with E-state index in [1.54, 1.807) is 0 Å². The molecule has 0 bridgehead atoms. The molecule has 0 radical (unpaired) electrons. The number of benzene rings is 1. The minimum absolute atomic E-state index is 0.190. The molecule has 0 aliphatic rings. The van der Waals surface area contributed by atoms with Crippen LogP contribution in [0.3, 0.4) is 0 Å². The predicted molar refractivity (Wildman–Crippen MR) is 57.2 cm³/mol. The number of rotatable bonds is 2. The zero-order chi connectivity index (χ0) is 13.2. The number of alkyl halides is 3. The monoisotopic (exact) mass is 254 g/mol. The summed E-state index contributed by atoms with van der Waals surface area (Å²) in [6, 6.07) is 5.02. The fourth-order valence-corrected chi connectivity index (χ4v) is 1.44. The molecule has 1 heterocycles. The van der Waals surface area contributed by atoms with Crippen molar-refractivity contribution >= 4 is 16.6 Å². The molecule has 1 aromatic carbocycles. The van der Waals surface area contributed by atoms with Crippen molar-refractivity contribution in [3.05, 3.63) is 40.9 Å². The largest absolute Gasteiger partial charge is 0.573 e. The van der Waals surface area contributed by atoms with E-state index < -0.39 is 12.1 Å². The van der Waals surface area contributed by atoms with Crippen molar-refractivity contribution < 1.29 is 17.9 Å². The van der Waals surface area contributed by atoms with Crippen molar-refractivity contribution in [1.29, 1.82) is 0 Å². The van der Waals surface area contributed by atoms with Gasteiger partial charge in [0.05, 0.1) is 5.52 Å². The summed E-state index contributed by atoms with van der Waals surface area (Å²) in [5, 5.41) is 3.67. The Labute approximate surface area is 98.4 Å². The number of halogens is 3. The first-order valence-electron chi connectivity index (χ1n) is 4.69. The summed E-state index contributed by atoms with van der Waals surface area (Å²) in [4.78, 5) is 6.54. The summed E-state index contributed by atoms with van der Waals surface area (Å²) in [6.45, 7) is 0. The van der Waals surface area contributed by atoms with E-state index in [1.807, 2.05) is 0 Å². The van der Waals surface area contributed by atoms with Gasteiger partial charge in [0, 0.05) is 22.2 Å². The van der Waals surface area contributed by atoms with Crippen LogP contribution in [0.5, 0.6) is 5.75 Å². The van der Waals surface area contributed by atoms with Crippen LogP contribution in [0.2, 0.25) is 0 Å². The Bertz CT molecular complexity index is 635. The smallest absolute Gasteiger partial charge is 0.406 e. The first-order valence-corrected chi connectivity index (χ1v) is 4.69. The third kappa shape index (κ3) is 2.61. The first kappa shape index (κ1) is 12.0. The molecule has 0 unspecified atom stereocenters. The molecule has 2 rings (SSSR count). The number of aromatic nitrogens is 1. The summed E-state index contributed by atoms with van der Waals surface area (Å²) >= 11 is 0. The third-order valence-electron chi connectivity index (χ3n) is 2.08. The maximum absolute atomic E-state index is 12.1. The predicted octanol–water partition coefficient (Wildman–Crippen LogP) is 4.08. The van der Waals surface area contributed by atoms with E-state index in [-0.39, 0.29) is 11.1 Å². The second-order valence-corrected chi connectivity index (χ2v) is 3.25. The topological polar surface area (TPSA) is 70.9 Å². The van der Waals surface area contributed by atoms with Crippen molar-refractivity contribution in [3.63, 3.8) is 0 Å². The number of ether oxygens (including phenoxy) is 1. The number of fused-ring (bicyclic) bond motifs is 1. The van der Waals surface area contributed by atoms with Gasteiger partial charge in [0.2, 0.25) is 0 Å². The molecule has 8 heteroatoms. The van der Waals surface area contributed by atoms with E-state index in [9.17, 15) is 13.2 Å². The lowest BCUT2D eigenvalue weighted by Crippen LogP contribution is -2.17. The Hall–Kier alpha value is -2.47. The molecule has 0 aliphatic heterocycles. The molecule has 0 atom stereocenters. The Balaban J connectivity index is 2.55. The number of nitrogens with zero attached hydrogens (tertiary/aromatic N) is 4. The zero-order valence-electron chi connectivity index (χ0n) is 8.72. The summed E-state index contributed by atoms with van der Waals surface area (Å²) in [5.74, 6) is -0.391. The van der Waals surface area contributed by atoms with Crippen LogP contribution >= 0.6 is 0 Å². The van der Waals surface area contributed by atoms with Gasteiger partial charge in [0.25, 0.3) is 0 Å². The maximum Gasteiger partial charge on any atom is 0.573 e. The van der Waals surface area contributed by atoms with Crippen molar-refractivity contribution in [2.45, 2.75) is 6.36 Å². The van der Waals surface area contributed by atoms with E-state index in [4.69, 9.17) is 5.53 Å². The van der Waals surface area contributed by atoms with Gasteiger partial charge in [-0.2, -0.15) is 0 Å². The van der Waals surface area contributed by atoms with Gasteiger partial charge in [-0.25, -0.2) is 0 Å². The first-order chi connectivity index (χ1) is 8.49. The molecule has 0 N–H and O–H groups in total. The summed E-state index contributed by atoms with van der Waals surface area (Å²) in [5.41, 5.74) is 8.96. The van der Waals surface area contributed by atoms with E-state index in [1.165, 1.54) is 18.3 Å². The van der Waals surface area contributed by atoms with Gasteiger partial charge in [-0.15, -0.1) is 13.2 Å². The van der Waals surface area contributed by atoms with Gasteiger partial charge in [0.1, 0.15) is 5.75 Å². The van der Waals surface area contributed by atoms with Crippen molar-refractivity contribution in [1.82, 2.24) is 4.98 Å². The van der Waals surface area contributed by atoms with E-state index in [2.05, 4.69) is 19.7 Å². The van der Waals surface area contributed by atoms with E-state index in [0.29, 0.717) is 5.52 Å². The SMILES string of the molecule is [N-]=[N+]=Nc1ccnc2ccc(OC(F)(F)F)cc12. The van der Waals surface area contributed by atoms with Crippen molar-refractivity contribution in [2.24, 2.45) is 5.11 Å². The van der Waals surface area contributed by atoms with Gasteiger partial charge < -0.3 is 4.74 Å². The quantitative estimate of drug-likeness (QED) is 0.460. The van der Waals surface area contributed by atoms with Gasteiger partial charge in [-0.05, 0) is 29.8 Å². The normalized spacial score (nSPS) is 11.1. The molecular weight excluding hydrogens is 249 g/mol. The molecular formula is C10H5F3N4O. The van der Waals surface area contributed by atoms with Gasteiger partial charge in [0.15, 0.2) is 0 Å². The zero-order valence-corrected chi connectivity index (χ0v) is 8.72. The lowest BCUT2D eigenvalue weighted by Gasteiger charge is -2.09. The summed E-state index contributed by atoms with van der Waals surface area (Å²) < 4.78 is 40.0. The highest BCUT2D eigenvalue weighted by atomic mass is 19.4. The Morgan fingerprint density at radius 3 is 2.72 bits per heavy atom. The molecule has 0 saturated carbocycles. The average Bonchev–Trinajstić information content (AvgIpc) is 2.28. The maximum atomic E-state index is 12.1. The van der Waals surface area contributed by atoms with Gasteiger partial charge in [-0.1, -0.05) is 5.11 Å². The van der Waals surface area contributed by atoms with Crippen LogP contribution in [0.15, 0.2) is 35.6 Å². The molecule has 0 saturated heterocycles. The van der Waals surface area contributed by atoms with Gasteiger partial charge >= 0.3 is 6.36 Å². The number of azide groups is 1. The minimum atomic E-state index is -4.77. The second kappa shape index (κ2) is 4.42. The third-order valence-corrected chi connectivity index (χ3v) is 2.08. The van der Waals surface area contributed by atoms with Crippen molar-refractivity contribution in [3.8, 4) is 5.75 Å². The fraction of sp³-hybridized carbons (Fsp3) is 0.100. The van der Waals surface area contributed by atoms with Crippen LogP contribution in [-0.2, 0) is 0 Å². The molecule has 0 aliphatic carbocycles. The Morgan fingerprint density at radius 2 is 2.06 bits per heavy atom. The fourth-order valence-electron chi connectivity index (χ4n) is 1.44. The summed E-state index contributed by atoms with van der Waals surface area (Å²) in [6.07, 6.45) is -3.37. The lowest BCUT2D eigenvalue weighted by atomic mass is 10.2. The molecule has 5 nitrogen and oxygen atoms in total. The van der Waals surface area contributed by atoms with Crippen LogP contribution in [0, 0.1) is 0 Å². The lowest BCUT2D eigenvalue weighted by molar-refractivity contribution is -0.274. The number of hydrogen-bond acceptors (Lipinski definition) is 3. The van der Waals surface area contributed by atoms with Crippen LogP contribution in [0.1, 0.15) is 0 Å². The average molecular weight is 254 g/mol. The number of pyridine rings is 1. The molecule has 18 heavy (non-hydrogen) atoms. The van der Waals surface area contributed by atoms with Crippen LogP contribution in [0.4, 0.5) is 18.9 Å². The van der Waals surface area contributed by atoms with E-state index in [0.717, 1.165) is 12.1 Å². The molecule has 92 valence electrons. The highest BCUT2D eigenvalue weighted by molar-refractivity contribution is 5.90. The molecule has 0 fully saturated rings. The molecule has 1 aromatic heterocycles.